The number of carboxylic acids is 1. The number of hydrogen-bond donors (Lipinski definition) is 1. The smallest absolute Gasteiger partial charge is 0.355 e. The van der Waals surface area contributed by atoms with E-state index in [0.29, 0.717) is 5.13 Å². The molecule has 5 heteroatoms. The van der Waals surface area contributed by atoms with Gasteiger partial charge < -0.3 is 9.67 Å². The number of rotatable bonds is 3. The average molecular weight is 236 g/mol. The SMILES string of the molecule is CC(C)c1sc(-n2cccc2)nc1C(=O)O. The van der Waals surface area contributed by atoms with Gasteiger partial charge in [-0.3, -0.25) is 0 Å². The highest BCUT2D eigenvalue weighted by Gasteiger charge is 2.19. The van der Waals surface area contributed by atoms with E-state index in [-0.39, 0.29) is 11.6 Å². The summed E-state index contributed by atoms with van der Waals surface area (Å²) in [6, 6.07) is 3.77. The van der Waals surface area contributed by atoms with Crippen molar-refractivity contribution in [3.8, 4) is 5.13 Å². The fourth-order valence-electron chi connectivity index (χ4n) is 1.44. The van der Waals surface area contributed by atoms with E-state index in [2.05, 4.69) is 4.98 Å². The van der Waals surface area contributed by atoms with Gasteiger partial charge in [0.15, 0.2) is 10.8 Å². The van der Waals surface area contributed by atoms with Gasteiger partial charge in [-0.1, -0.05) is 13.8 Å². The molecular weight excluding hydrogens is 224 g/mol. The van der Waals surface area contributed by atoms with Gasteiger partial charge in [-0.15, -0.1) is 11.3 Å². The Morgan fingerprint density at radius 3 is 2.50 bits per heavy atom. The summed E-state index contributed by atoms with van der Waals surface area (Å²) < 4.78 is 1.82. The zero-order valence-electron chi connectivity index (χ0n) is 9.04. The van der Waals surface area contributed by atoms with Crippen LogP contribution >= 0.6 is 11.3 Å². The van der Waals surface area contributed by atoms with Gasteiger partial charge in [0.2, 0.25) is 0 Å². The molecule has 0 radical (unpaired) electrons. The van der Waals surface area contributed by atoms with Gasteiger partial charge in [0, 0.05) is 17.3 Å². The molecule has 0 amide bonds. The van der Waals surface area contributed by atoms with E-state index in [1.807, 2.05) is 42.9 Å². The molecule has 0 aromatic carbocycles. The van der Waals surface area contributed by atoms with Crippen LogP contribution in [0.25, 0.3) is 5.13 Å². The Bertz CT molecular complexity index is 500. The van der Waals surface area contributed by atoms with E-state index < -0.39 is 5.97 Å². The van der Waals surface area contributed by atoms with E-state index in [4.69, 9.17) is 5.11 Å². The highest BCUT2D eigenvalue weighted by atomic mass is 32.1. The second kappa shape index (κ2) is 4.09. The Morgan fingerprint density at radius 2 is 2.06 bits per heavy atom. The minimum Gasteiger partial charge on any atom is -0.476 e. The molecule has 0 aliphatic rings. The molecule has 0 bridgehead atoms. The molecule has 16 heavy (non-hydrogen) atoms. The first-order valence-electron chi connectivity index (χ1n) is 4.97. The third-order valence-electron chi connectivity index (χ3n) is 2.19. The van der Waals surface area contributed by atoms with Crippen molar-refractivity contribution in [2.45, 2.75) is 19.8 Å². The van der Waals surface area contributed by atoms with Crippen molar-refractivity contribution in [1.29, 1.82) is 0 Å². The molecule has 0 saturated heterocycles. The number of carboxylic acid groups (broad SMARTS) is 1. The largest absolute Gasteiger partial charge is 0.476 e. The van der Waals surface area contributed by atoms with Gasteiger partial charge in [0.25, 0.3) is 0 Å². The molecule has 0 spiro atoms. The molecule has 84 valence electrons. The highest BCUT2D eigenvalue weighted by molar-refractivity contribution is 7.14. The lowest BCUT2D eigenvalue weighted by atomic mass is 10.1. The third kappa shape index (κ3) is 1.86. The maximum Gasteiger partial charge on any atom is 0.355 e. The lowest BCUT2D eigenvalue weighted by Gasteiger charge is -1.99. The third-order valence-corrected chi connectivity index (χ3v) is 3.56. The van der Waals surface area contributed by atoms with E-state index in [1.54, 1.807) is 0 Å². The van der Waals surface area contributed by atoms with E-state index in [0.717, 1.165) is 4.88 Å². The molecule has 0 unspecified atom stereocenters. The molecule has 2 aromatic rings. The van der Waals surface area contributed by atoms with Crippen molar-refractivity contribution in [1.82, 2.24) is 9.55 Å². The second-order valence-electron chi connectivity index (χ2n) is 3.76. The molecule has 2 rings (SSSR count). The highest BCUT2D eigenvalue weighted by Crippen LogP contribution is 2.28. The minimum atomic E-state index is -0.960. The number of thiazole rings is 1. The number of aromatic carboxylic acids is 1. The molecule has 0 aliphatic heterocycles. The summed E-state index contributed by atoms with van der Waals surface area (Å²) in [4.78, 5) is 16.0. The predicted molar refractivity (Wildman–Crippen MR) is 62.5 cm³/mol. The van der Waals surface area contributed by atoms with Crippen LogP contribution in [-0.2, 0) is 0 Å². The summed E-state index contributed by atoms with van der Waals surface area (Å²) >= 11 is 1.42. The molecule has 2 aromatic heterocycles. The summed E-state index contributed by atoms with van der Waals surface area (Å²) in [5.41, 5.74) is 0.170. The van der Waals surface area contributed by atoms with Crippen molar-refractivity contribution < 1.29 is 9.90 Å². The molecule has 0 atom stereocenters. The first-order chi connectivity index (χ1) is 7.59. The Kier molecular flexibility index (Phi) is 2.78. The van der Waals surface area contributed by atoms with E-state index in [9.17, 15) is 4.79 Å². The summed E-state index contributed by atoms with van der Waals surface area (Å²) in [6.07, 6.45) is 3.71. The van der Waals surface area contributed by atoms with Crippen LogP contribution < -0.4 is 0 Å². The van der Waals surface area contributed by atoms with Crippen molar-refractivity contribution in [2.24, 2.45) is 0 Å². The summed E-state index contributed by atoms with van der Waals surface area (Å²) in [6.45, 7) is 3.94. The lowest BCUT2D eigenvalue weighted by Crippen LogP contribution is -2.02. The maximum atomic E-state index is 11.0. The van der Waals surface area contributed by atoms with Crippen LogP contribution in [-0.4, -0.2) is 20.6 Å². The zero-order chi connectivity index (χ0) is 11.7. The minimum absolute atomic E-state index is 0.170. The van der Waals surface area contributed by atoms with Gasteiger partial charge in [-0.2, -0.15) is 0 Å². The van der Waals surface area contributed by atoms with Gasteiger partial charge in [-0.25, -0.2) is 9.78 Å². The van der Waals surface area contributed by atoms with Crippen LogP contribution in [0.15, 0.2) is 24.5 Å². The Morgan fingerprint density at radius 1 is 1.44 bits per heavy atom. The molecule has 2 heterocycles. The van der Waals surface area contributed by atoms with Crippen LogP contribution in [0.4, 0.5) is 0 Å². The van der Waals surface area contributed by atoms with Gasteiger partial charge in [-0.05, 0) is 18.1 Å². The summed E-state index contributed by atoms with van der Waals surface area (Å²) in [5.74, 6) is -0.786. The van der Waals surface area contributed by atoms with Gasteiger partial charge in [0.05, 0.1) is 0 Å². The fourth-order valence-corrected chi connectivity index (χ4v) is 2.46. The Hall–Kier alpha value is -1.62. The van der Waals surface area contributed by atoms with Crippen LogP contribution in [0.1, 0.15) is 35.1 Å². The number of hydrogen-bond acceptors (Lipinski definition) is 3. The molecule has 0 fully saturated rings. The first kappa shape index (κ1) is 10.9. The number of carbonyl (C=O) groups is 1. The molecule has 4 nitrogen and oxygen atoms in total. The quantitative estimate of drug-likeness (QED) is 0.891. The van der Waals surface area contributed by atoms with Crippen molar-refractivity contribution in [3.05, 3.63) is 35.1 Å². The average Bonchev–Trinajstić information content (AvgIpc) is 2.86. The molecular formula is C11H12N2O2S. The maximum absolute atomic E-state index is 11.0. The van der Waals surface area contributed by atoms with Crippen molar-refractivity contribution in [2.75, 3.05) is 0 Å². The van der Waals surface area contributed by atoms with Crippen LogP contribution in [0.2, 0.25) is 0 Å². The number of nitrogens with zero attached hydrogens (tertiary/aromatic N) is 2. The van der Waals surface area contributed by atoms with Crippen molar-refractivity contribution in [3.63, 3.8) is 0 Å². The topological polar surface area (TPSA) is 55.1 Å². The van der Waals surface area contributed by atoms with E-state index >= 15 is 0 Å². The molecule has 0 saturated carbocycles. The predicted octanol–water partition coefficient (Wildman–Crippen LogP) is 2.76. The van der Waals surface area contributed by atoms with Gasteiger partial charge >= 0.3 is 5.97 Å². The Labute approximate surface area is 97.2 Å². The zero-order valence-corrected chi connectivity index (χ0v) is 9.86. The normalized spacial score (nSPS) is 10.9. The first-order valence-corrected chi connectivity index (χ1v) is 5.78. The number of aromatic nitrogens is 2. The second-order valence-corrected chi connectivity index (χ2v) is 4.77. The Balaban J connectivity index is 2.51. The van der Waals surface area contributed by atoms with Crippen LogP contribution in [0.3, 0.4) is 0 Å². The van der Waals surface area contributed by atoms with E-state index in [1.165, 1.54) is 11.3 Å². The summed E-state index contributed by atoms with van der Waals surface area (Å²) in [5, 5.41) is 9.76. The summed E-state index contributed by atoms with van der Waals surface area (Å²) in [7, 11) is 0. The van der Waals surface area contributed by atoms with Crippen LogP contribution in [0.5, 0.6) is 0 Å². The standard InChI is InChI=1S/C11H12N2O2S/c1-7(2)9-8(10(14)15)12-11(16-9)13-5-3-4-6-13/h3-7H,1-2H3,(H,14,15). The fraction of sp³-hybridized carbons (Fsp3) is 0.273. The molecule has 0 aliphatic carbocycles. The van der Waals surface area contributed by atoms with Crippen LogP contribution in [0, 0.1) is 0 Å². The molecule has 1 N–H and O–H groups in total. The van der Waals surface area contributed by atoms with Crippen molar-refractivity contribution >= 4 is 17.3 Å². The monoisotopic (exact) mass is 236 g/mol. The van der Waals surface area contributed by atoms with Gasteiger partial charge in [0.1, 0.15) is 0 Å². The lowest BCUT2D eigenvalue weighted by molar-refractivity contribution is 0.0689.